The van der Waals surface area contributed by atoms with E-state index in [1.807, 2.05) is 6.07 Å². The number of benzene rings is 2. The van der Waals surface area contributed by atoms with Gasteiger partial charge in [-0.15, -0.1) is 0 Å². The van der Waals surface area contributed by atoms with Crippen LogP contribution in [0.15, 0.2) is 52.3 Å². The Morgan fingerprint density at radius 3 is 2.06 bits per heavy atom. The molecule has 3 rings (SSSR count). The topological polar surface area (TPSA) is 93.2 Å². The molecule has 1 aliphatic rings. The molecule has 2 aromatic carbocycles. The third kappa shape index (κ3) is 4.50. The quantitative estimate of drug-likeness (QED) is 0.545. The summed E-state index contributed by atoms with van der Waals surface area (Å²) in [5.74, 6) is 1.12. The van der Waals surface area contributed by atoms with Crippen molar-refractivity contribution in [2.24, 2.45) is 0 Å². The average Bonchev–Trinajstić information content (AvgIpc) is 3.30. The molecule has 1 heterocycles. The van der Waals surface area contributed by atoms with Crippen molar-refractivity contribution in [3.8, 4) is 11.5 Å². The van der Waals surface area contributed by atoms with E-state index in [2.05, 4.69) is 0 Å². The summed E-state index contributed by atoms with van der Waals surface area (Å²) in [4.78, 5) is 0.154. The lowest BCUT2D eigenvalue weighted by atomic mass is 10.0. The van der Waals surface area contributed by atoms with Crippen molar-refractivity contribution < 1.29 is 26.3 Å². The minimum atomic E-state index is -3.81. The molecule has 2 aromatic rings. The molecular weight excluding hydrogens is 452 g/mol. The standard InChI is InChI=1S/C22H30N2O6S2/c1-5-23(6-2)31(25,26)18-10-12-19(13-11-18)32(27,28)24-15-7-8-20(24)17-9-14-21(29-3)22(16-17)30-4/h9-14,16,20H,5-8,15H2,1-4H3. The number of ether oxygens (including phenoxy) is 2. The first-order valence-corrected chi connectivity index (χ1v) is 13.4. The van der Waals surface area contributed by atoms with Crippen molar-refractivity contribution in [3.05, 3.63) is 48.0 Å². The maximum absolute atomic E-state index is 13.4. The van der Waals surface area contributed by atoms with E-state index < -0.39 is 20.0 Å². The second kappa shape index (κ2) is 9.78. The van der Waals surface area contributed by atoms with Gasteiger partial charge in [0, 0.05) is 19.6 Å². The van der Waals surface area contributed by atoms with Crippen LogP contribution in [0.1, 0.15) is 38.3 Å². The molecule has 0 aromatic heterocycles. The molecule has 176 valence electrons. The van der Waals surface area contributed by atoms with E-state index >= 15 is 0 Å². The number of methoxy groups -OCH3 is 2. The van der Waals surface area contributed by atoms with Gasteiger partial charge in [0.2, 0.25) is 20.0 Å². The summed E-state index contributed by atoms with van der Waals surface area (Å²) in [5, 5.41) is 0. The fourth-order valence-electron chi connectivity index (χ4n) is 4.05. The Hall–Kier alpha value is -2.14. The highest BCUT2D eigenvalue weighted by molar-refractivity contribution is 7.89. The van der Waals surface area contributed by atoms with Gasteiger partial charge in [0.15, 0.2) is 11.5 Å². The smallest absolute Gasteiger partial charge is 0.243 e. The minimum Gasteiger partial charge on any atom is -0.493 e. The average molecular weight is 483 g/mol. The van der Waals surface area contributed by atoms with Gasteiger partial charge in [-0.1, -0.05) is 19.9 Å². The Morgan fingerprint density at radius 2 is 1.50 bits per heavy atom. The Morgan fingerprint density at radius 1 is 0.906 bits per heavy atom. The second-order valence-corrected chi connectivity index (χ2v) is 11.3. The fraction of sp³-hybridized carbons (Fsp3) is 0.455. The largest absolute Gasteiger partial charge is 0.493 e. The van der Waals surface area contributed by atoms with Crippen LogP contribution in [0.3, 0.4) is 0 Å². The van der Waals surface area contributed by atoms with Crippen LogP contribution >= 0.6 is 0 Å². The van der Waals surface area contributed by atoms with Crippen LogP contribution in [-0.2, 0) is 20.0 Å². The zero-order chi connectivity index (χ0) is 23.5. The lowest BCUT2D eigenvalue weighted by Crippen LogP contribution is -2.31. The lowest BCUT2D eigenvalue weighted by Gasteiger charge is -2.25. The van der Waals surface area contributed by atoms with Gasteiger partial charge in [0.1, 0.15) is 0 Å². The summed E-state index contributed by atoms with van der Waals surface area (Å²) in [6, 6.07) is 10.6. The minimum absolute atomic E-state index is 0.0726. The summed E-state index contributed by atoms with van der Waals surface area (Å²) >= 11 is 0. The van der Waals surface area contributed by atoms with E-state index in [1.165, 1.54) is 32.9 Å². The molecule has 1 unspecified atom stereocenters. The monoisotopic (exact) mass is 482 g/mol. The van der Waals surface area contributed by atoms with Crippen LogP contribution < -0.4 is 9.47 Å². The molecule has 0 aliphatic carbocycles. The van der Waals surface area contributed by atoms with E-state index in [0.29, 0.717) is 37.6 Å². The van der Waals surface area contributed by atoms with Crippen molar-refractivity contribution >= 4 is 20.0 Å². The molecule has 1 saturated heterocycles. The van der Waals surface area contributed by atoms with E-state index in [-0.39, 0.29) is 15.8 Å². The SMILES string of the molecule is CCN(CC)S(=O)(=O)c1ccc(S(=O)(=O)N2CCCC2c2ccc(OC)c(OC)c2)cc1. The van der Waals surface area contributed by atoms with E-state index in [1.54, 1.807) is 40.2 Å². The molecular formula is C22H30N2O6S2. The number of rotatable bonds is 9. The first kappa shape index (κ1) is 24.5. The van der Waals surface area contributed by atoms with E-state index in [4.69, 9.17) is 9.47 Å². The zero-order valence-electron chi connectivity index (χ0n) is 18.8. The maximum atomic E-state index is 13.4. The summed E-state index contributed by atoms with van der Waals surface area (Å²) in [6.45, 7) is 4.61. The third-order valence-corrected chi connectivity index (χ3v) is 9.76. The van der Waals surface area contributed by atoms with Gasteiger partial charge in [-0.3, -0.25) is 0 Å². The molecule has 1 aliphatic heterocycles. The molecule has 0 bridgehead atoms. The number of nitrogens with zero attached hydrogens (tertiary/aromatic N) is 2. The summed E-state index contributed by atoms with van der Waals surface area (Å²) < 4.78 is 65.7. The third-order valence-electron chi connectivity index (χ3n) is 5.77. The predicted molar refractivity (Wildman–Crippen MR) is 122 cm³/mol. The summed E-state index contributed by atoms with van der Waals surface area (Å²) in [7, 11) is -4.37. The Balaban J connectivity index is 1.92. The van der Waals surface area contributed by atoms with Gasteiger partial charge in [-0.25, -0.2) is 16.8 Å². The van der Waals surface area contributed by atoms with Crippen LogP contribution in [0.2, 0.25) is 0 Å². The molecule has 32 heavy (non-hydrogen) atoms. The molecule has 8 nitrogen and oxygen atoms in total. The molecule has 0 spiro atoms. The Kier molecular flexibility index (Phi) is 7.49. The van der Waals surface area contributed by atoms with Crippen molar-refractivity contribution in [1.82, 2.24) is 8.61 Å². The lowest BCUT2D eigenvalue weighted by molar-refractivity contribution is 0.351. The van der Waals surface area contributed by atoms with Crippen molar-refractivity contribution in [1.29, 1.82) is 0 Å². The first-order valence-electron chi connectivity index (χ1n) is 10.5. The van der Waals surface area contributed by atoms with Crippen molar-refractivity contribution in [3.63, 3.8) is 0 Å². The molecule has 0 N–H and O–H groups in total. The number of hydrogen-bond acceptors (Lipinski definition) is 6. The molecule has 1 fully saturated rings. The number of sulfonamides is 2. The van der Waals surface area contributed by atoms with Gasteiger partial charge < -0.3 is 9.47 Å². The van der Waals surface area contributed by atoms with Gasteiger partial charge in [-0.2, -0.15) is 8.61 Å². The Bertz CT molecular complexity index is 1140. The second-order valence-electron chi connectivity index (χ2n) is 7.45. The molecule has 0 saturated carbocycles. The predicted octanol–water partition coefficient (Wildman–Crippen LogP) is 3.26. The molecule has 0 radical (unpaired) electrons. The molecule has 0 amide bonds. The van der Waals surface area contributed by atoms with Gasteiger partial charge in [0.25, 0.3) is 0 Å². The maximum Gasteiger partial charge on any atom is 0.243 e. The molecule has 10 heteroatoms. The van der Waals surface area contributed by atoms with Crippen LogP contribution in [0, 0.1) is 0 Å². The normalized spacial score (nSPS) is 17.6. The highest BCUT2D eigenvalue weighted by atomic mass is 32.2. The summed E-state index contributed by atoms with van der Waals surface area (Å²) in [6.07, 6.45) is 1.41. The number of hydrogen-bond donors (Lipinski definition) is 0. The van der Waals surface area contributed by atoms with Crippen LogP contribution in [0.25, 0.3) is 0 Å². The summed E-state index contributed by atoms with van der Waals surface area (Å²) in [5.41, 5.74) is 0.824. The van der Waals surface area contributed by atoms with Crippen molar-refractivity contribution in [2.75, 3.05) is 33.9 Å². The Labute approximate surface area is 190 Å². The van der Waals surface area contributed by atoms with Crippen LogP contribution in [0.5, 0.6) is 11.5 Å². The van der Waals surface area contributed by atoms with Gasteiger partial charge >= 0.3 is 0 Å². The van der Waals surface area contributed by atoms with E-state index in [0.717, 1.165) is 12.0 Å². The fourth-order valence-corrected chi connectivity index (χ4v) is 7.19. The van der Waals surface area contributed by atoms with E-state index in [9.17, 15) is 16.8 Å². The van der Waals surface area contributed by atoms with Crippen LogP contribution in [0.4, 0.5) is 0 Å². The first-order chi connectivity index (χ1) is 15.2. The molecule has 1 atom stereocenters. The zero-order valence-corrected chi connectivity index (χ0v) is 20.4. The highest BCUT2D eigenvalue weighted by Gasteiger charge is 2.36. The van der Waals surface area contributed by atoms with Gasteiger partial charge in [-0.05, 0) is 54.8 Å². The van der Waals surface area contributed by atoms with Crippen LogP contribution in [-0.4, -0.2) is 59.3 Å². The van der Waals surface area contributed by atoms with Gasteiger partial charge in [0.05, 0.1) is 30.1 Å². The highest BCUT2D eigenvalue weighted by Crippen LogP contribution is 2.39. The van der Waals surface area contributed by atoms with Crippen molar-refractivity contribution in [2.45, 2.75) is 42.5 Å².